The maximum absolute atomic E-state index is 13.0. The molecule has 0 radical (unpaired) electrons. The molecule has 1 heterocycles. The number of rotatable bonds is 4. The van der Waals surface area contributed by atoms with Crippen LogP contribution in [0.3, 0.4) is 0 Å². The summed E-state index contributed by atoms with van der Waals surface area (Å²) < 4.78 is 0. The Kier molecular flexibility index (Phi) is 5.12. The van der Waals surface area contributed by atoms with Crippen LogP contribution >= 0.6 is 23.2 Å². The molecule has 0 bridgehead atoms. The zero-order valence-corrected chi connectivity index (χ0v) is 17.3. The van der Waals surface area contributed by atoms with E-state index in [1.165, 1.54) is 24.3 Å². The predicted octanol–water partition coefficient (Wildman–Crippen LogP) is 4.56. The highest BCUT2D eigenvalue weighted by atomic mass is 35.5. The van der Waals surface area contributed by atoms with Gasteiger partial charge in [0.25, 0.3) is 11.8 Å². The molecule has 1 aliphatic rings. The first kappa shape index (κ1) is 21.4. The van der Waals surface area contributed by atoms with Crippen molar-refractivity contribution in [1.82, 2.24) is 0 Å². The van der Waals surface area contributed by atoms with Crippen molar-refractivity contribution in [2.24, 2.45) is 0 Å². The van der Waals surface area contributed by atoms with Crippen molar-refractivity contribution in [3.05, 3.63) is 80.8 Å². The van der Waals surface area contributed by atoms with Crippen molar-refractivity contribution in [2.75, 3.05) is 4.90 Å². The lowest BCUT2D eigenvalue weighted by atomic mass is 10.0. The number of aromatic carboxylic acids is 2. The molecule has 3 aromatic rings. The third kappa shape index (κ3) is 3.35. The fourth-order valence-corrected chi connectivity index (χ4v) is 3.97. The molecule has 0 spiro atoms. The number of carbonyl (C=O) groups excluding carboxylic acids is 2. The highest BCUT2D eigenvalue weighted by Gasteiger charge is 2.40. The third-order valence-corrected chi connectivity index (χ3v) is 5.49. The van der Waals surface area contributed by atoms with E-state index in [2.05, 4.69) is 0 Å². The summed E-state index contributed by atoms with van der Waals surface area (Å²) in [4.78, 5) is 49.7. The molecule has 0 unspecified atom stereocenters. The van der Waals surface area contributed by atoms with Crippen molar-refractivity contribution >= 4 is 52.6 Å². The number of anilines is 1. The fraction of sp³-hybridized carbons (Fsp3) is 0. The minimum atomic E-state index is -1.49. The zero-order valence-electron chi connectivity index (χ0n) is 15.8. The molecule has 1 aliphatic heterocycles. The Morgan fingerprint density at radius 2 is 1.38 bits per heavy atom. The summed E-state index contributed by atoms with van der Waals surface area (Å²) in [6.07, 6.45) is 0. The van der Waals surface area contributed by atoms with E-state index in [0.29, 0.717) is 21.0 Å². The molecule has 0 atom stereocenters. The number of aromatic hydroxyl groups is 1. The van der Waals surface area contributed by atoms with E-state index in [1.807, 2.05) is 0 Å². The van der Waals surface area contributed by atoms with Crippen molar-refractivity contribution in [2.45, 2.75) is 0 Å². The fourth-order valence-electron chi connectivity index (χ4n) is 3.45. The average Bonchev–Trinajstić information content (AvgIpc) is 2.96. The van der Waals surface area contributed by atoms with E-state index in [9.17, 15) is 34.5 Å². The molecule has 160 valence electrons. The third-order valence-electron chi connectivity index (χ3n) is 4.94. The maximum Gasteiger partial charge on any atom is 0.339 e. The number of hydrogen-bond donors (Lipinski definition) is 3. The molecule has 3 N–H and O–H groups in total. The minimum absolute atomic E-state index is 0.233. The number of halogens is 2. The standard InChI is InChI=1S/C22H11Cl2NO7/c23-10-2-4-11(16(24)6-10)9-1-3-12(21(29)30)17(5-9)25-19(27)13-7-15(22(31)32)18(26)8-14(13)20(25)28/h1-8,26H,(H,29,30)(H,31,32). The molecule has 3 aromatic carbocycles. The number of phenols is 1. The summed E-state index contributed by atoms with van der Waals surface area (Å²) in [5.74, 6) is -5.40. The van der Waals surface area contributed by atoms with Gasteiger partial charge in [0.05, 0.1) is 22.4 Å². The van der Waals surface area contributed by atoms with Gasteiger partial charge in [-0.05, 0) is 42.0 Å². The van der Waals surface area contributed by atoms with E-state index in [0.717, 1.165) is 12.1 Å². The molecule has 0 aromatic heterocycles. The highest BCUT2D eigenvalue weighted by Crippen LogP contribution is 2.38. The maximum atomic E-state index is 13.0. The number of carboxylic acid groups (broad SMARTS) is 2. The summed E-state index contributed by atoms with van der Waals surface area (Å²) in [6, 6.07) is 10.4. The zero-order chi connectivity index (χ0) is 23.3. The normalized spacial score (nSPS) is 12.8. The lowest BCUT2D eigenvalue weighted by molar-refractivity contribution is 0.0684. The monoisotopic (exact) mass is 471 g/mol. The second kappa shape index (κ2) is 7.67. The number of hydrogen-bond acceptors (Lipinski definition) is 5. The topological polar surface area (TPSA) is 132 Å². The first-order valence-electron chi connectivity index (χ1n) is 8.92. The summed E-state index contributed by atoms with van der Waals surface area (Å²) >= 11 is 12.2. The number of carboxylic acids is 2. The summed E-state index contributed by atoms with van der Waals surface area (Å²) in [6.45, 7) is 0. The molecule has 2 amide bonds. The number of fused-ring (bicyclic) bond motifs is 1. The Balaban J connectivity index is 1.90. The van der Waals surface area contributed by atoms with Crippen LogP contribution in [0, 0.1) is 0 Å². The number of benzene rings is 3. The molecule has 0 fully saturated rings. The Bertz CT molecular complexity index is 1370. The largest absolute Gasteiger partial charge is 0.507 e. The molecule has 0 saturated heterocycles. The Morgan fingerprint density at radius 1 is 0.750 bits per heavy atom. The smallest absolute Gasteiger partial charge is 0.339 e. The van der Waals surface area contributed by atoms with Crippen LogP contribution < -0.4 is 4.90 Å². The van der Waals surface area contributed by atoms with Gasteiger partial charge in [-0.25, -0.2) is 14.5 Å². The first-order valence-corrected chi connectivity index (χ1v) is 9.67. The minimum Gasteiger partial charge on any atom is -0.507 e. The molecule has 0 saturated carbocycles. The quantitative estimate of drug-likeness (QED) is 0.474. The number of imide groups is 1. The lowest BCUT2D eigenvalue weighted by Crippen LogP contribution is -2.31. The SMILES string of the molecule is O=C(O)c1cc2c(cc1O)C(=O)N(c1cc(-c3ccc(Cl)cc3Cl)ccc1C(=O)O)C2=O. The van der Waals surface area contributed by atoms with Gasteiger partial charge >= 0.3 is 11.9 Å². The Hall–Kier alpha value is -3.88. The van der Waals surface area contributed by atoms with Crippen molar-refractivity contribution in [1.29, 1.82) is 0 Å². The molecule has 4 rings (SSSR count). The van der Waals surface area contributed by atoms with Gasteiger partial charge in [-0.3, -0.25) is 9.59 Å². The van der Waals surface area contributed by atoms with Gasteiger partial charge in [0.15, 0.2) is 0 Å². The van der Waals surface area contributed by atoms with E-state index >= 15 is 0 Å². The molecule has 32 heavy (non-hydrogen) atoms. The molecule has 8 nitrogen and oxygen atoms in total. The van der Waals surface area contributed by atoms with E-state index in [1.54, 1.807) is 12.1 Å². The van der Waals surface area contributed by atoms with Gasteiger partial charge in [-0.15, -0.1) is 0 Å². The van der Waals surface area contributed by atoms with Crippen molar-refractivity contribution in [3.8, 4) is 16.9 Å². The van der Waals surface area contributed by atoms with Crippen LogP contribution in [0.5, 0.6) is 5.75 Å². The molecular weight excluding hydrogens is 461 g/mol. The van der Waals surface area contributed by atoms with Crippen LogP contribution in [0.15, 0.2) is 48.5 Å². The van der Waals surface area contributed by atoms with Crippen LogP contribution in [0.4, 0.5) is 5.69 Å². The van der Waals surface area contributed by atoms with E-state index in [4.69, 9.17) is 23.2 Å². The van der Waals surface area contributed by atoms with Gasteiger partial charge < -0.3 is 15.3 Å². The van der Waals surface area contributed by atoms with Crippen LogP contribution in [0.1, 0.15) is 41.4 Å². The highest BCUT2D eigenvalue weighted by molar-refractivity contribution is 6.37. The average molecular weight is 472 g/mol. The van der Waals surface area contributed by atoms with Crippen LogP contribution in [-0.4, -0.2) is 39.1 Å². The first-order chi connectivity index (χ1) is 15.1. The van der Waals surface area contributed by atoms with Gasteiger partial charge in [0.1, 0.15) is 11.3 Å². The lowest BCUT2D eigenvalue weighted by Gasteiger charge is -2.18. The molecule has 0 aliphatic carbocycles. The molecule has 10 heteroatoms. The summed E-state index contributed by atoms with van der Waals surface area (Å²) in [5.41, 5.74) is -0.749. The Morgan fingerprint density at radius 3 is 1.97 bits per heavy atom. The number of carbonyl (C=O) groups is 4. The number of nitrogens with zero attached hydrogens (tertiary/aromatic N) is 1. The molecular formula is C22H11Cl2NO7. The van der Waals surface area contributed by atoms with Gasteiger partial charge in [-0.2, -0.15) is 0 Å². The second-order valence-corrected chi connectivity index (χ2v) is 7.67. The number of amides is 2. The van der Waals surface area contributed by atoms with Crippen molar-refractivity contribution < 1.29 is 34.5 Å². The van der Waals surface area contributed by atoms with Crippen LogP contribution in [-0.2, 0) is 0 Å². The van der Waals surface area contributed by atoms with Gasteiger partial charge in [0, 0.05) is 15.6 Å². The Labute approximate surface area is 189 Å². The van der Waals surface area contributed by atoms with Crippen molar-refractivity contribution in [3.63, 3.8) is 0 Å². The summed E-state index contributed by atoms with van der Waals surface area (Å²) in [7, 11) is 0. The second-order valence-electron chi connectivity index (χ2n) is 6.83. The summed E-state index contributed by atoms with van der Waals surface area (Å²) in [5, 5.41) is 29.4. The van der Waals surface area contributed by atoms with Gasteiger partial charge in [0.2, 0.25) is 0 Å². The van der Waals surface area contributed by atoms with Crippen LogP contribution in [0.25, 0.3) is 11.1 Å². The van der Waals surface area contributed by atoms with Gasteiger partial charge in [-0.1, -0.05) is 35.3 Å². The predicted molar refractivity (Wildman–Crippen MR) is 115 cm³/mol. The van der Waals surface area contributed by atoms with E-state index < -0.39 is 35.1 Å². The van der Waals surface area contributed by atoms with Crippen LogP contribution in [0.2, 0.25) is 10.0 Å². The van der Waals surface area contributed by atoms with E-state index in [-0.39, 0.29) is 27.4 Å².